The van der Waals surface area contributed by atoms with E-state index in [9.17, 15) is 0 Å². The molecule has 4 nitrogen and oxygen atoms in total. The van der Waals surface area contributed by atoms with Crippen molar-refractivity contribution in [2.75, 3.05) is 11.5 Å². The van der Waals surface area contributed by atoms with Crippen LogP contribution in [0.25, 0.3) is 0 Å². The minimum Gasteiger partial charge on any atom is -0.339 e. The van der Waals surface area contributed by atoms with E-state index in [1.807, 2.05) is 23.5 Å². The molecule has 6 heteroatoms. The molecular weight excluding hydrogens is 290 g/mol. The predicted octanol–water partition coefficient (Wildman–Crippen LogP) is 3.63. The van der Waals surface area contributed by atoms with Crippen LogP contribution in [0.5, 0.6) is 0 Å². The van der Waals surface area contributed by atoms with E-state index in [1.54, 1.807) is 0 Å². The van der Waals surface area contributed by atoms with E-state index in [4.69, 9.17) is 9.78 Å². The predicted molar refractivity (Wildman–Crippen MR) is 81.7 cm³/mol. The van der Waals surface area contributed by atoms with Gasteiger partial charge in [-0.2, -0.15) is 22.0 Å². The second-order valence-electron chi connectivity index (χ2n) is 6.01. The molecule has 2 fully saturated rings. The van der Waals surface area contributed by atoms with Crippen LogP contribution in [0.15, 0.2) is 4.52 Å². The second kappa shape index (κ2) is 5.27. The summed E-state index contributed by atoms with van der Waals surface area (Å²) in [7, 11) is 0. The van der Waals surface area contributed by atoms with Crippen LogP contribution < -0.4 is 0 Å². The highest BCUT2D eigenvalue weighted by Gasteiger charge is 2.62. The third-order valence-corrected chi connectivity index (χ3v) is 7.64. The summed E-state index contributed by atoms with van der Waals surface area (Å²) in [6, 6.07) is 2.35. The minimum absolute atomic E-state index is 0.00570. The standard InChI is InChI=1S/C14H19N3OS2/c1-4-9-11(20-6-5-19-9)12-16-13(18-17-12)10-8(7-15)14(10,2)3/h8-11H,4-6H2,1-3H3. The molecule has 1 aliphatic heterocycles. The Bertz CT molecular complexity index is 537. The summed E-state index contributed by atoms with van der Waals surface area (Å²) < 4.78 is 5.47. The number of thioether (sulfide) groups is 2. The summed E-state index contributed by atoms with van der Waals surface area (Å²) in [4.78, 5) is 4.62. The molecule has 1 saturated carbocycles. The molecule has 0 bridgehead atoms. The van der Waals surface area contributed by atoms with Crippen molar-refractivity contribution in [1.82, 2.24) is 10.1 Å². The number of rotatable bonds is 3. The summed E-state index contributed by atoms with van der Waals surface area (Å²) in [5.74, 6) is 3.94. The highest BCUT2D eigenvalue weighted by atomic mass is 32.2. The molecule has 108 valence electrons. The van der Waals surface area contributed by atoms with Crippen molar-refractivity contribution in [3.05, 3.63) is 11.7 Å². The van der Waals surface area contributed by atoms with Gasteiger partial charge in [0.15, 0.2) is 5.82 Å². The first-order valence-electron chi connectivity index (χ1n) is 7.06. The lowest BCUT2D eigenvalue weighted by Gasteiger charge is -2.27. The summed E-state index contributed by atoms with van der Waals surface area (Å²) in [5, 5.41) is 14.3. The van der Waals surface area contributed by atoms with Crippen molar-refractivity contribution >= 4 is 23.5 Å². The van der Waals surface area contributed by atoms with Crippen LogP contribution in [0, 0.1) is 22.7 Å². The van der Waals surface area contributed by atoms with Gasteiger partial charge >= 0.3 is 0 Å². The molecule has 0 spiro atoms. The van der Waals surface area contributed by atoms with Gasteiger partial charge in [-0.15, -0.1) is 11.8 Å². The summed E-state index contributed by atoms with van der Waals surface area (Å²) >= 11 is 3.94. The molecular formula is C14H19N3OS2. The minimum atomic E-state index is -0.0306. The first kappa shape index (κ1) is 14.3. The molecule has 2 heterocycles. The van der Waals surface area contributed by atoms with Crippen LogP contribution in [-0.4, -0.2) is 26.9 Å². The van der Waals surface area contributed by atoms with E-state index in [0.29, 0.717) is 16.4 Å². The van der Waals surface area contributed by atoms with E-state index in [2.05, 4.69) is 37.0 Å². The Balaban J connectivity index is 1.79. The number of nitrogens with zero attached hydrogens (tertiary/aromatic N) is 3. The van der Waals surface area contributed by atoms with E-state index in [1.165, 1.54) is 5.75 Å². The number of hydrogen-bond acceptors (Lipinski definition) is 6. The SMILES string of the molecule is CCC1SCCSC1c1noc(C2C(C#N)C2(C)C)n1. The zero-order valence-corrected chi connectivity index (χ0v) is 13.6. The summed E-state index contributed by atoms with van der Waals surface area (Å²) in [5.41, 5.74) is -0.0306. The fourth-order valence-corrected chi connectivity index (χ4v) is 5.95. The van der Waals surface area contributed by atoms with E-state index in [-0.39, 0.29) is 17.3 Å². The Morgan fingerprint density at radius 3 is 2.80 bits per heavy atom. The number of aromatic nitrogens is 2. The van der Waals surface area contributed by atoms with Gasteiger partial charge in [-0.05, 0) is 11.8 Å². The molecule has 1 aliphatic carbocycles. The Labute approximate surface area is 128 Å². The smallest absolute Gasteiger partial charge is 0.231 e. The molecule has 4 atom stereocenters. The van der Waals surface area contributed by atoms with Gasteiger partial charge in [-0.25, -0.2) is 0 Å². The van der Waals surface area contributed by atoms with Gasteiger partial charge in [0, 0.05) is 16.8 Å². The Hall–Kier alpha value is -0.670. The molecule has 20 heavy (non-hydrogen) atoms. The van der Waals surface area contributed by atoms with Gasteiger partial charge in [-0.1, -0.05) is 25.9 Å². The highest BCUT2D eigenvalue weighted by Crippen LogP contribution is 2.63. The molecule has 0 amide bonds. The van der Waals surface area contributed by atoms with Crippen molar-refractivity contribution < 1.29 is 4.52 Å². The third kappa shape index (κ3) is 2.25. The lowest BCUT2D eigenvalue weighted by atomic mass is 10.1. The fraction of sp³-hybridized carbons (Fsp3) is 0.786. The van der Waals surface area contributed by atoms with Crippen LogP contribution in [0.3, 0.4) is 0 Å². The maximum atomic E-state index is 9.16. The van der Waals surface area contributed by atoms with Gasteiger partial charge in [-0.3, -0.25) is 0 Å². The first-order chi connectivity index (χ1) is 9.59. The molecule has 0 radical (unpaired) electrons. The molecule has 0 N–H and O–H groups in total. The average molecular weight is 309 g/mol. The lowest BCUT2D eigenvalue weighted by Crippen LogP contribution is -2.19. The monoisotopic (exact) mass is 309 g/mol. The Morgan fingerprint density at radius 1 is 1.40 bits per heavy atom. The van der Waals surface area contributed by atoms with Gasteiger partial charge in [0.25, 0.3) is 0 Å². The number of nitriles is 1. The molecule has 2 aliphatic rings. The van der Waals surface area contributed by atoms with Crippen molar-refractivity contribution in [2.45, 2.75) is 43.6 Å². The summed E-state index contributed by atoms with van der Waals surface area (Å²) in [6.07, 6.45) is 1.13. The topological polar surface area (TPSA) is 62.7 Å². The highest BCUT2D eigenvalue weighted by molar-refractivity contribution is 8.06. The van der Waals surface area contributed by atoms with Crippen LogP contribution in [-0.2, 0) is 0 Å². The molecule has 1 aromatic heterocycles. The normalized spacial score (nSPS) is 35.5. The molecule has 1 saturated heterocycles. The van der Waals surface area contributed by atoms with Gasteiger partial charge in [0.2, 0.25) is 5.89 Å². The maximum Gasteiger partial charge on any atom is 0.231 e. The molecule has 4 unspecified atom stereocenters. The fourth-order valence-electron chi connectivity index (χ4n) is 2.97. The first-order valence-corrected chi connectivity index (χ1v) is 9.15. The second-order valence-corrected chi connectivity index (χ2v) is 8.60. The lowest BCUT2D eigenvalue weighted by molar-refractivity contribution is 0.362. The molecule has 1 aromatic rings. The average Bonchev–Trinajstić information content (AvgIpc) is 2.81. The maximum absolute atomic E-state index is 9.16. The van der Waals surface area contributed by atoms with Crippen LogP contribution >= 0.6 is 23.5 Å². The quantitative estimate of drug-likeness (QED) is 0.849. The van der Waals surface area contributed by atoms with E-state index in [0.717, 1.165) is 18.0 Å². The van der Waals surface area contributed by atoms with Gasteiger partial charge in [0.1, 0.15) is 0 Å². The van der Waals surface area contributed by atoms with E-state index < -0.39 is 0 Å². The van der Waals surface area contributed by atoms with Crippen molar-refractivity contribution in [2.24, 2.45) is 11.3 Å². The van der Waals surface area contributed by atoms with Gasteiger partial charge in [0.05, 0.1) is 23.2 Å². The number of hydrogen-bond donors (Lipinski definition) is 0. The Morgan fingerprint density at radius 2 is 2.15 bits per heavy atom. The largest absolute Gasteiger partial charge is 0.339 e. The van der Waals surface area contributed by atoms with Crippen LogP contribution in [0.2, 0.25) is 0 Å². The zero-order valence-electron chi connectivity index (χ0n) is 12.0. The molecule has 3 rings (SSSR count). The van der Waals surface area contributed by atoms with Crippen LogP contribution in [0.4, 0.5) is 0 Å². The third-order valence-electron chi connectivity index (χ3n) is 4.40. The van der Waals surface area contributed by atoms with E-state index >= 15 is 0 Å². The van der Waals surface area contributed by atoms with Crippen molar-refractivity contribution in [3.8, 4) is 6.07 Å². The van der Waals surface area contributed by atoms with Crippen molar-refractivity contribution in [3.63, 3.8) is 0 Å². The Kier molecular flexibility index (Phi) is 3.76. The molecule has 0 aromatic carbocycles. The zero-order chi connectivity index (χ0) is 14.3. The summed E-state index contributed by atoms with van der Waals surface area (Å²) in [6.45, 7) is 6.40. The van der Waals surface area contributed by atoms with Gasteiger partial charge < -0.3 is 4.52 Å². The van der Waals surface area contributed by atoms with Crippen LogP contribution in [0.1, 0.15) is 50.1 Å². The van der Waals surface area contributed by atoms with Crippen molar-refractivity contribution in [1.29, 1.82) is 5.26 Å².